The predicted octanol–water partition coefficient (Wildman–Crippen LogP) is 0.926. The fourth-order valence-corrected chi connectivity index (χ4v) is 2.41. The van der Waals surface area contributed by atoms with Gasteiger partial charge in [0.05, 0.1) is 25.5 Å². The van der Waals surface area contributed by atoms with Crippen molar-refractivity contribution >= 4 is 5.91 Å². The van der Waals surface area contributed by atoms with Gasteiger partial charge >= 0.3 is 0 Å². The Hall–Kier alpha value is -2.25. The molecule has 7 heteroatoms. The van der Waals surface area contributed by atoms with Crippen molar-refractivity contribution in [3.8, 4) is 0 Å². The highest BCUT2D eigenvalue weighted by molar-refractivity contribution is 5.93. The molecular weight excluding hydrogens is 284 g/mol. The molecular formula is C15H18N4O3. The third-order valence-corrected chi connectivity index (χ3v) is 3.58. The maximum Gasteiger partial charge on any atom is 0.273 e. The summed E-state index contributed by atoms with van der Waals surface area (Å²) in [6.45, 7) is 1.77. The van der Waals surface area contributed by atoms with Gasteiger partial charge in [0, 0.05) is 13.7 Å². The molecule has 7 nitrogen and oxygen atoms in total. The number of carbonyl (C=O) groups is 1. The van der Waals surface area contributed by atoms with E-state index in [0.717, 1.165) is 5.56 Å². The van der Waals surface area contributed by atoms with E-state index in [2.05, 4.69) is 15.6 Å². The van der Waals surface area contributed by atoms with Crippen LogP contribution in [-0.4, -0.2) is 41.2 Å². The van der Waals surface area contributed by atoms with Gasteiger partial charge in [-0.15, -0.1) is 5.10 Å². The van der Waals surface area contributed by atoms with Crippen LogP contribution in [0.15, 0.2) is 30.3 Å². The average molecular weight is 302 g/mol. The van der Waals surface area contributed by atoms with Crippen LogP contribution in [0.3, 0.4) is 0 Å². The van der Waals surface area contributed by atoms with Crippen molar-refractivity contribution in [1.29, 1.82) is 0 Å². The average Bonchev–Trinajstić information content (AvgIpc) is 2.99. The van der Waals surface area contributed by atoms with Crippen LogP contribution in [0, 0.1) is 0 Å². The molecule has 0 fully saturated rings. The molecule has 0 saturated heterocycles. The number of benzene rings is 1. The lowest BCUT2D eigenvalue weighted by Crippen LogP contribution is -2.29. The molecule has 0 saturated carbocycles. The van der Waals surface area contributed by atoms with Gasteiger partial charge in [0.15, 0.2) is 5.69 Å². The first-order chi connectivity index (χ1) is 10.8. The lowest BCUT2D eigenvalue weighted by molar-refractivity contribution is -0.00177. The first kappa shape index (κ1) is 14.7. The number of rotatable bonds is 5. The number of fused-ring (bicyclic) bond motifs is 1. The highest BCUT2D eigenvalue weighted by Crippen LogP contribution is 2.26. The second kappa shape index (κ2) is 6.67. The van der Waals surface area contributed by atoms with E-state index in [4.69, 9.17) is 9.47 Å². The zero-order chi connectivity index (χ0) is 15.4. The maximum absolute atomic E-state index is 12.1. The van der Waals surface area contributed by atoms with Crippen molar-refractivity contribution in [2.45, 2.75) is 19.3 Å². The Morgan fingerprint density at radius 3 is 3.05 bits per heavy atom. The Balaban J connectivity index is 1.71. The summed E-state index contributed by atoms with van der Waals surface area (Å²) in [5, 5.41) is 10.8. The van der Waals surface area contributed by atoms with E-state index in [0.29, 0.717) is 37.7 Å². The van der Waals surface area contributed by atoms with Crippen LogP contribution in [0.25, 0.3) is 0 Å². The monoisotopic (exact) mass is 302 g/mol. The Bertz CT molecular complexity index is 641. The highest BCUT2D eigenvalue weighted by Gasteiger charge is 2.27. The maximum atomic E-state index is 12.1. The summed E-state index contributed by atoms with van der Waals surface area (Å²) in [6.07, 6.45) is -0.0696. The minimum Gasteiger partial charge on any atom is -0.383 e. The summed E-state index contributed by atoms with van der Waals surface area (Å²) in [4.78, 5) is 12.1. The Kier molecular flexibility index (Phi) is 4.45. The molecule has 0 aliphatic carbocycles. The smallest absolute Gasteiger partial charge is 0.273 e. The zero-order valence-electron chi connectivity index (χ0n) is 12.4. The summed E-state index contributed by atoms with van der Waals surface area (Å²) in [5.74, 6) is -0.250. The minimum absolute atomic E-state index is 0.0696. The topological polar surface area (TPSA) is 78.3 Å². The summed E-state index contributed by atoms with van der Waals surface area (Å²) >= 11 is 0. The van der Waals surface area contributed by atoms with Crippen molar-refractivity contribution < 1.29 is 14.3 Å². The number of nitrogens with one attached hydrogen (secondary N) is 1. The highest BCUT2D eigenvalue weighted by atomic mass is 16.5. The third kappa shape index (κ3) is 3.00. The summed E-state index contributed by atoms with van der Waals surface area (Å²) < 4.78 is 12.5. The Morgan fingerprint density at radius 2 is 2.27 bits per heavy atom. The molecule has 1 aromatic heterocycles. The number of carbonyl (C=O) groups excluding carboxylic acids is 1. The van der Waals surface area contributed by atoms with Gasteiger partial charge in [-0.1, -0.05) is 35.5 Å². The van der Waals surface area contributed by atoms with E-state index in [1.54, 1.807) is 11.8 Å². The number of amides is 1. The fourth-order valence-electron chi connectivity index (χ4n) is 2.41. The molecule has 0 unspecified atom stereocenters. The number of ether oxygens (including phenoxy) is 2. The summed E-state index contributed by atoms with van der Waals surface area (Å²) in [6, 6.07) is 9.96. The molecule has 116 valence electrons. The first-order valence-electron chi connectivity index (χ1n) is 7.15. The lowest BCUT2D eigenvalue weighted by atomic mass is 10.1. The van der Waals surface area contributed by atoms with Gasteiger partial charge in [-0.25, -0.2) is 4.68 Å². The van der Waals surface area contributed by atoms with E-state index < -0.39 is 0 Å². The van der Waals surface area contributed by atoms with Crippen molar-refractivity contribution in [1.82, 2.24) is 20.3 Å². The Morgan fingerprint density at radius 1 is 1.45 bits per heavy atom. The van der Waals surface area contributed by atoms with E-state index in [1.807, 2.05) is 30.3 Å². The van der Waals surface area contributed by atoms with Crippen LogP contribution >= 0.6 is 0 Å². The predicted molar refractivity (Wildman–Crippen MR) is 78.2 cm³/mol. The molecule has 2 aromatic rings. The fraction of sp³-hybridized carbons (Fsp3) is 0.400. The molecule has 1 atom stereocenters. The van der Waals surface area contributed by atoms with Gasteiger partial charge in [0.2, 0.25) is 0 Å². The normalized spacial score (nSPS) is 17.0. The number of aromatic nitrogens is 3. The van der Waals surface area contributed by atoms with Crippen LogP contribution in [0.4, 0.5) is 0 Å². The molecule has 1 aliphatic heterocycles. The molecule has 0 bridgehead atoms. The number of hydrogen-bond donors (Lipinski definition) is 1. The van der Waals surface area contributed by atoms with Crippen LogP contribution in [-0.2, 0) is 22.6 Å². The van der Waals surface area contributed by atoms with E-state index >= 15 is 0 Å². The molecule has 0 radical (unpaired) electrons. The van der Waals surface area contributed by atoms with E-state index in [-0.39, 0.29) is 12.0 Å². The third-order valence-electron chi connectivity index (χ3n) is 3.58. The van der Waals surface area contributed by atoms with Crippen molar-refractivity contribution in [2.75, 3.05) is 20.3 Å². The van der Waals surface area contributed by atoms with Crippen molar-refractivity contribution in [3.63, 3.8) is 0 Å². The Labute approximate surface area is 128 Å². The standard InChI is InChI=1S/C15H18N4O3/c1-21-8-7-16-15(20)14-12-10-22-13(9-19(12)18-17-14)11-5-3-2-4-6-11/h2-6,13H,7-10H2,1H3,(H,16,20)/t13-/m0/s1. The molecule has 1 amide bonds. The first-order valence-corrected chi connectivity index (χ1v) is 7.15. The van der Waals surface area contributed by atoms with Crippen molar-refractivity contribution in [2.24, 2.45) is 0 Å². The van der Waals surface area contributed by atoms with Gasteiger partial charge in [0.25, 0.3) is 5.91 Å². The number of methoxy groups -OCH3 is 1. The van der Waals surface area contributed by atoms with E-state index in [1.165, 1.54) is 0 Å². The molecule has 0 spiro atoms. The molecule has 1 N–H and O–H groups in total. The molecule has 1 aliphatic rings. The van der Waals surface area contributed by atoms with Gasteiger partial charge in [0.1, 0.15) is 6.10 Å². The SMILES string of the molecule is COCCNC(=O)c1nnn2c1CO[C@H](c1ccccc1)C2. The van der Waals surface area contributed by atoms with E-state index in [9.17, 15) is 4.79 Å². The summed E-state index contributed by atoms with van der Waals surface area (Å²) in [7, 11) is 1.59. The zero-order valence-corrected chi connectivity index (χ0v) is 12.4. The lowest BCUT2D eigenvalue weighted by Gasteiger charge is -2.24. The van der Waals surface area contributed by atoms with Crippen LogP contribution in [0.5, 0.6) is 0 Å². The molecule has 2 heterocycles. The second-order valence-corrected chi connectivity index (χ2v) is 5.03. The number of hydrogen-bond acceptors (Lipinski definition) is 5. The van der Waals surface area contributed by atoms with Gasteiger partial charge in [-0.05, 0) is 5.56 Å². The molecule has 3 rings (SSSR count). The number of nitrogens with zero attached hydrogens (tertiary/aromatic N) is 3. The largest absolute Gasteiger partial charge is 0.383 e. The summed E-state index contributed by atoms with van der Waals surface area (Å²) in [5.41, 5.74) is 2.12. The van der Waals surface area contributed by atoms with Crippen LogP contribution in [0.2, 0.25) is 0 Å². The second-order valence-electron chi connectivity index (χ2n) is 5.03. The van der Waals surface area contributed by atoms with Crippen LogP contribution in [0.1, 0.15) is 27.8 Å². The molecule has 1 aromatic carbocycles. The van der Waals surface area contributed by atoms with Crippen molar-refractivity contribution in [3.05, 3.63) is 47.3 Å². The van der Waals surface area contributed by atoms with Gasteiger partial charge in [-0.3, -0.25) is 4.79 Å². The van der Waals surface area contributed by atoms with Gasteiger partial charge < -0.3 is 14.8 Å². The van der Waals surface area contributed by atoms with Crippen LogP contribution < -0.4 is 5.32 Å². The van der Waals surface area contributed by atoms with Gasteiger partial charge in [-0.2, -0.15) is 0 Å². The minimum atomic E-state index is -0.250. The quantitative estimate of drug-likeness (QED) is 0.831. The molecule has 22 heavy (non-hydrogen) atoms.